The van der Waals surface area contributed by atoms with E-state index in [1.807, 2.05) is 0 Å². The van der Waals surface area contributed by atoms with E-state index in [9.17, 15) is 4.79 Å². The number of hydrogen-bond acceptors (Lipinski definition) is 5. The molecule has 1 N–H and O–H groups in total. The molecule has 0 fully saturated rings. The van der Waals surface area contributed by atoms with E-state index in [1.54, 1.807) is 0 Å². The minimum Gasteiger partial charge on any atom is -0.481 e. The van der Waals surface area contributed by atoms with Crippen molar-refractivity contribution >= 4 is 17.7 Å². The molecule has 0 spiro atoms. The Hall–Kier alpha value is -1.04. The van der Waals surface area contributed by atoms with Gasteiger partial charge in [-0.1, -0.05) is 11.8 Å². The molecule has 1 aromatic rings. The molecule has 0 amide bonds. The minimum atomic E-state index is -0.900. The fourth-order valence-electron chi connectivity index (χ4n) is 0.349. The van der Waals surface area contributed by atoms with Crippen molar-refractivity contribution in [1.82, 2.24) is 10.2 Å². The zero-order chi connectivity index (χ0) is 7.40. The average molecular weight is 160 g/mol. The van der Waals surface area contributed by atoms with Crippen molar-refractivity contribution in [3.05, 3.63) is 6.39 Å². The second-order valence-electron chi connectivity index (χ2n) is 1.39. The number of carboxylic acid groups (broad SMARTS) is 1. The second kappa shape index (κ2) is 3.21. The first-order valence-electron chi connectivity index (χ1n) is 2.40. The van der Waals surface area contributed by atoms with Gasteiger partial charge < -0.3 is 9.52 Å². The molecule has 0 aromatic carbocycles. The molecule has 1 rings (SSSR count). The third-order valence-electron chi connectivity index (χ3n) is 0.659. The summed E-state index contributed by atoms with van der Waals surface area (Å²) in [6.45, 7) is 0. The number of carbonyl (C=O) groups is 1. The van der Waals surface area contributed by atoms with Gasteiger partial charge in [0.2, 0.25) is 6.39 Å². The molecule has 0 atom stereocenters. The summed E-state index contributed by atoms with van der Waals surface area (Å²) < 4.78 is 4.66. The van der Waals surface area contributed by atoms with Gasteiger partial charge in [-0.25, -0.2) is 0 Å². The van der Waals surface area contributed by atoms with Crippen molar-refractivity contribution in [3.8, 4) is 0 Å². The molecule has 1 aromatic heterocycles. The fraction of sp³-hybridized carbons (Fsp3) is 0.250. The molecule has 1 heterocycles. The van der Waals surface area contributed by atoms with E-state index in [1.165, 1.54) is 0 Å². The van der Waals surface area contributed by atoms with Gasteiger partial charge in [0, 0.05) is 0 Å². The Kier molecular flexibility index (Phi) is 2.27. The van der Waals surface area contributed by atoms with Crippen molar-refractivity contribution in [1.29, 1.82) is 0 Å². The molecule has 54 valence electrons. The van der Waals surface area contributed by atoms with Crippen LogP contribution >= 0.6 is 11.8 Å². The number of nitrogens with zero attached hydrogens (tertiary/aromatic N) is 2. The summed E-state index contributed by atoms with van der Waals surface area (Å²) >= 11 is 0.995. The minimum absolute atomic E-state index is 0.0534. The number of aromatic nitrogens is 2. The summed E-state index contributed by atoms with van der Waals surface area (Å²) in [5, 5.41) is 15.3. The highest BCUT2D eigenvalue weighted by Gasteiger charge is 2.02. The molecule has 0 aliphatic heterocycles. The van der Waals surface area contributed by atoms with Gasteiger partial charge >= 0.3 is 5.97 Å². The largest absolute Gasteiger partial charge is 0.481 e. The quantitative estimate of drug-likeness (QED) is 0.638. The lowest BCUT2D eigenvalue weighted by Gasteiger charge is -1.86. The second-order valence-corrected chi connectivity index (χ2v) is 2.31. The highest BCUT2D eigenvalue weighted by Crippen LogP contribution is 2.12. The maximum atomic E-state index is 9.98. The average Bonchev–Trinajstić information content (AvgIpc) is 2.34. The first kappa shape index (κ1) is 7.07. The zero-order valence-electron chi connectivity index (χ0n) is 4.85. The van der Waals surface area contributed by atoms with E-state index in [-0.39, 0.29) is 11.0 Å². The zero-order valence-corrected chi connectivity index (χ0v) is 5.67. The van der Waals surface area contributed by atoms with Gasteiger partial charge in [0.05, 0.1) is 0 Å². The smallest absolute Gasteiger partial charge is 0.314 e. The molecule has 0 unspecified atom stereocenters. The topological polar surface area (TPSA) is 76.2 Å². The fourth-order valence-corrected chi connectivity index (χ4v) is 0.812. The van der Waals surface area contributed by atoms with Crippen molar-refractivity contribution < 1.29 is 14.3 Å². The number of thioether (sulfide) groups is 1. The Morgan fingerprint density at radius 2 is 2.70 bits per heavy atom. The van der Waals surface area contributed by atoms with Gasteiger partial charge in [-0.3, -0.25) is 4.79 Å². The van der Waals surface area contributed by atoms with Crippen LogP contribution in [-0.4, -0.2) is 27.0 Å². The van der Waals surface area contributed by atoms with Crippen LogP contribution < -0.4 is 0 Å². The summed E-state index contributed by atoms with van der Waals surface area (Å²) in [4.78, 5) is 9.98. The SMILES string of the molecule is O=C(O)CSc1nnco1. The Balaban J connectivity index is 2.35. The Morgan fingerprint density at radius 1 is 1.90 bits per heavy atom. The van der Waals surface area contributed by atoms with E-state index < -0.39 is 5.97 Å². The summed E-state index contributed by atoms with van der Waals surface area (Å²) in [6, 6.07) is 0. The van der Waals surface area contributed by atoms with E-state index in [0.29, 0.717) is 0 Å². The van der Waals surface area contributed by atoms with Crippen molar-refractivity contribution in [2.75, 3.05) is 5.75 Å². The maximum Gasteiger partial charge on any atom is 0.314 e. The van der Waals surface area contributed by atoms with Crippen LogP contribution in [-0.2, 0) is 4.79 Å². The van der Waals surface area contributed by atoms with Crippen molar-refractivity contribution in [3.63, 3.8) is 0 Å². The van der Waals surface area contributed by atoms with Gasteiger partial charge in [-0.15, -0.1) is 10.2 Å². The summed E-state index contributed by atoms with van der Waals surface area (Å²) in [5.41, 5.74) is 0. The van der Waals surface area contributed by atoms with Crippen molar-refractivity contribution in [2.24, 2.45) is 0 Å². The Morgan fingerprint density at radius 3 is 3.20 bits per heavy atom. The molecule has 10 heavy (non-hydrogen) atoms. The molecular weight excluding hydrogens is 156 g/mol. The van der Waals surface area contributed by atoms with Gasteiger partial charge in [-0.05, 0) is 0 Å². The number of carboxylic acids is 1. The van der Waals surface area contributed by atoms with Crippen LogP contribution in [0.3, 0.4) is 0 Å². The van der Waals surface area contributed by atoms with Crippen LogP contribution in [0.1, 0.15) is 0 Å². The molecule has 0 saturated heterocycles. The van der Waals surface area contributed by atoms with Gasteiger partial charge in [0.1, 0.15) is 5.75 Å². The normalized spacial score (nSPS) is 9.60. The van der Waals surface area contributed by atoms with E-state index >= 15 is 0 Å². The molecule has 0 bridgehead atoms. The molecule has 0 aliphatic rings. The van der Waals surface area contributed by atoms with Crippen LogP contribution in [0.15, 0.2) is 16.0 Å². The number of aliphatic carboxylic acids is 1. The van der Waals surface area contributed by atoms with Crippen LogP contribution in [0.5, 0.6) is 0 Å². The molecule has 5 nitrogen and oxygen atoms in total. The van der Waals surface area contributed by atoms with Gasteiger partial charge in [-0.2, -0.15) is 0 Å². The number of hydrogen-bond donors (Lipinski definition) is 1. The molecule has 0 radical (unpaired) electrons. The van der Waals surface area contributed by atoms with Gasteiger partial charge in [0.25, 0.3) is 5.22 Å². The monoisotopic (exact) mass is 160 g/mol. The first-order chi connectivity index (χ1) is 4.79. The molecule has 0 aliphatic carbocycles. The summed E-state index contributed by atoms with van der Waals surface area (Å²) in [5.74, 6) is -0.953. The molecular formula is C4H4N2O3S. The molecule has 0 saturated carbocycles. The van der Waals surface area contributed by atoms with E-state index in [0.717, 1.165) is 18.2 Å². The van der Waals surface area contributed by atoms with Crippen LogP contribution in [0.4, 0.5) is 0 Å². The summed E-state index contributed by atoms with van der Waals surface area (Å²) in [7, 11) is 0. The molecule has 6 heteroatoms. The highest BCUT2D eigenvalue weighted by atomic mass is 32.2. The van der Waals surface area contributed by atoms with Crippen molar-refractivity contribution in [2.45, 2.75) is 5.22 Å². The lowest BCUT2D eigenvalue weighted by atomic mass is 10.8. The maximum absolute atomic E-state index is 9.98. The first-order valence-corrected chi connectivity index (χ1v) is 3.38. The number of rotatable bonds is 3. The standard InChI is InChI=1S/C4H4N2O3S/c7-3(8)1-10-4-6-5-2-9-4/h2H,1H2,(H,7,8). The lowest BCUT2D eigenvalue weighted by Crippen LogP contribution is -1.97. The lowest BCUT2D eigenvalue weighted by molar-refractivity contribution is -0.133. The van der Waals surface area contributed by atoms with Crippen LogP contribution in [0.2, 0.25) is 0 Å². The predicted octanol–water partition coefficient (Wildman–Crippen LogP) is 0.246. The van der Waals surface area contributed by atoms with Crippen LogP contribution in [0, 0.1) is 0 Å². The van der Waals surface area contributed by atoms with E-state index in [2.05, 4.69) is 14.6 Å². The van der Waals surface area contributed by atoms with Crippen LogP contribution in [0.25, 0.3) is 0 Å². The summed E-state index contributed by atoms with van der Waals surface area (Å²) in [6.07, 6.45) is 1.16. The van der Waals surface area contributed by atoms with E-state index in [4.69, 9.17) is 5.11 Å². The Bertz CT molecular complexity index is 210. The Labute approximate surface area is 60.4 Å². The third kappa shape index (κ3) is 2.06. The predicted molar refractivity (Wildman–Crippen MR) is 32.7 cm³/mol. The third-order valence-corrected chi connectivity index (χ3v) is 1.48. The highest BCUT2D eigenvalue weighted by molar-refractivity contribution is 7.99. The van der Waals surface area contributed by atoms with Gasteiger partial charge in [0.15, 0.2) is 0 Å².